The lowest BCUT2D eigenvalue weighted by Gasteiger charge is -2.18. The van der Waals surface area contributed by atoms with Crippen LogP contribution in [0.2, 0.25) is 0 Å². The maximum atomic E-state index is 12.4. The highest BCUT2D eigenvalue weighted by Gasteiger charge is 2.16. The monoisotopic (exact) mass is 404 g/mol. The molecule has 2 amide bonds. The van der Waals surface area contributed by atoms with Crippen molar-refractivity contribution in [3.05, 3.63) is 78.1 Å². The first-order valence-corrected chi connectivity index (χ1v) is 10.2. The molecule has 1 aromatic heterocycles. The Morgan fingerprint density at radius 3 is 2.27 bits per heavy atom. The Morgan fingerprint density at radius 1 is 0.900 bits per heavy atom. The van der Waals surface area contributed by atoms with Crippen molar-refractivity contribution in [2.75, 3.05) is 5.32 Å². The number of aromatic nitrogens is 2. The molecule has 0 aliphatic rings. The molecule has 6 heteroatoms. The molecular formula is C24H28N4O2. The summed E-state index contributed by atoms with van der Waals surface area (Å²) in [6, 6.07) is 17.2. The Hall–Kier alpha value is -3.41. The van der Waals surface area contributed by atoms with Crippen molar-refractivity contribution in [2.45, 2.75) is 45.6 Å². The van der Waals surface area contributed by atoms with Crippen LogP contribution in [0.5, 0.6) is 0 Å². The van der Waals surface area contributed by atoms with Gasteiger partial charge in [0.25, 0.3) is 0 Å². The lowest BCUT2D eigenvalue weighted by atomic mass is 10.0. The number of amides is 2. The van der Waals surface area contributed by atoms with Gasteiger partial charge in [-0.3, -0.25) is 9.59 Å². The molecule has 1 atom stereocenters. The fraction of sp³-hybridized carbons (Fsp3) is 0.292. The number of para-hydroxylation sites is 2. The molecule has 0 bridgehead atoms. The summed E-state index contributed by atoms with van der Waals surface area (Å²) in [4.78, 5) is 24.8. The van der Waals surface area contributed by atoms with Gasteiger partial charge in [-0.2, -0.15) is 5.10 Å². The minimum absolute atomic E-state index is 0.129. The number of rotatable bonds is 8. The molecule has 2 N–H and O–H groups in total. The van der Waals surface area contributed by atoms with E-state index in [0.29, 0.717) is 5.92 Å². The van der Waals surface area contributed by atoms with Crippen LogP contribution in [0.25, 0.3) is 5.69 Å². The van der Waals surface area contributed by atoms with Crippen LogP contribution in [-0.4, -0.2) is 21.6 Å². The van der Waals surface area contributed by atoms with Gasteiger partial charge >= 0.3 is 0 Å². The summed E-state index contributed by atoms with van der Waals surface area (Å²) in [7, 11) is 0. The molecule has 2 aromatic carbocycles. The first-order valence-electron chi connectivity index (χ1n) is 10.2. The van der Waals surface area contributed by atoms with E-state index < -0.39 is 0 Å². The predicted molar refractivity (Wildman–Crippen MR) is 119 cm³/mol. The molecule has 1 heterocycles. The third-order valence-electron chi connectivity index (χ3n) is 4.97. The average Bonchev–Trinajstić information content (AvgIpc) is 3.27. The quantitative estimate of drug-likeness (QED) is 0.576. The molecule has 0 saturated carbocycles. The van der Waals surface area contributed by atoms with Gasteiger partial charge in [0.05, 0.1) is 11.7 Å². The molecule has 0 fully saturated rings. The van der Waals surface area contributed by atoms with Crippen molar-refractivity contribution in [1.29, 1.82) is 0 Å². The van der Waals surface area contributed by atoms with Crippen molar-refractivity contribution < 1.29 is 9.59 Å². The van der Waals surface area contributed by atoms with E-state index in [2.05, 4.69) is 29.6 Å². The number of hydrogen-bond donors (Lipinski definition) is 2. The minimum Gasteiger partial charge on any atom is -0.349 e. The van der Waals surface area contributed by atoms with E-state index in [4.69, 9.17) is 0 Å². The zero-order chi connectivity index (χ0) is 21.5. The highest BCUT2D eigenvalue weighted by molar-refractivity contribution is 5.94. The number of nitrogens with one attached hydrogen (secondary N) is 2. The molecule has 3 rings (SSSR count). The van der Waals surface area contributed by atoms with E-state index in [1.54, 1.807) is 10.9 Å². The first kappa shape index (κ1) is 21.3. The minimum atomic E-state index is -0.206. The van der Waals surface area contributed by atoms with E-state index in [1.165, 1.54) is 0 Å². The van der Waals surface area contributed by atoms with Crippen molar-refractivity contribution in [3.63, 3.8) is 0 Å². The Balaban J connectivity index is 1.56. The van der Waals surface area contributed by atoms with Gasteiger partial charge in [-0.15, -0.1) is 0 Å². The molecule has 0 spiro atoms. The Labute approximate surface area is 177 Å². The van der Waals surface area contributed by atoms with Crippen LogP contribution in [-0.2, 0) is 9.59 Å². The van der Waals surface area contributed by atoms with Crippen molar-refractivity contribution in [3.8, 4) is 5.69 Å². The van der Waals surface area contributed by atoms with E-state index in [1.807, 2.05) is 67.7 Å². The van der Waals surface area contributed by atoms with Gasteiger partial charge in [-0.25, -0.2) is 4.68 Å². The van der Waals surface area contributed by atoms with Gasteiger partial charge < -0.3 is 10.6 Å². The largest absolute Gasteiger partial charge is 0.349 e. The number of carbonyl (C=O) groups excluding carboxylic acids is 2. The summed E-state index contributed by atoms with van der Waals surface area (Å²) in [5, 5.41) is 10.2. The smallest absolute Gasteiger partial charge is 0.224 e. The average molecular weight is 405 g/mol. The number of anilines is 1. The Bertz CT molecular complexity index is 996. The van der Waals surface area contributed by atoms with Crippen molar-refractivity contribution in [2.24, 2.45) is 0 Å². The molecule has 156 valence electrons. The summed E-state index contributed by atoms with van der Waals surface area (Å²) in [6.07, 6.45) is 3.85. The highest BCUT2D eigenvalue weighted by atomic mass is 16.2. The molecule has 0 aliphatic heterocycles. The number of hydrogen-bond acceptors (Lipinski definition) is 3. The van der Waals surface area contributed by atoms with Gasteiger partial charge in [0, 0.05) is 30.9 Å². The van der Waals surface area contributed by atoms with Crippen LogP contribution in [0.15, 0.2) is 67.0 Å². The van der Waals surface area contributed by atoms with Crippen LogP contribution < -0.4 is 10.6 Å². The Kier molecular flexibility index (Phi) is 7.01. The van der Waals surface area contributed by atoms with Crippen molar-refractivity contribution >= 4 is 17.5 Å². The van der Waals surface area contributed by atoms with Gasteiger partial charge in [0.1, 0.15) is 0 Å². The van der Waals surface area contributed by atoms with Crippen molar-refractivity contribution in [1.82, 2.24) is 15.1 Å². The molecule has 30 heavy (non-hydrogen) atoms. The molecule has 3 aromatic rings. The second kappa shape index (κ2) is 9.87. The van der Waals surface area contributed by atoms with E-state index in [0.717, 1.165) is 22.5 Å². The predicted octanol–water partition coefficient (Wildman–Crippen LogP) is 4.59. The summed E-state index contributed by atoms with van der Waals surface area (Å²) < 4.78 is 1.78. The fourth-order valence-corrected chi connectivity index (χ4v) is 3.42. The lowest BCUT2D eigenvalue weighted by Crippen LogP contribution is -2.28. The van der Waals surface area contributed by atoms with Crippen LogP contribution in [0.3, 0.4) is 0 Å². The second-order valence-corrected chi connectivity index (χ2v) is 7.59. The molecule has 0 saturated heterocycles. The van der Waals surface area contributed by atoms with Crippen LogP contribution in [0.1, 0.15) is 56.7 Å². The van der Waals surface area contributed by atoms with Gasteiger partial charge in [0.2, 0.25) is 11.8 Å². The Morgan fingerprint density at radius 2 is 1.57 bits per heavy atom. The summed E-state index contributed by atoms with van der Waals surface area (Å²) in [5.41, 5.74) is 3.77. The fourth-order valence-electron chi connectivity index (χ4n) is 3.42. The summed E-state index contributed by atoms with van der Waals surface area (Å²) >= 11 is 0. The maximum Gasteiger partial charge on any atom is 0.224 e. The topological polar surface area (TPSA) is 76.0 Å². The second-order valence-electron chi connectivity index (χ2n) is 7.59. The molecule has 6 nitrogen and oxygen atoms in total. The third kappa shape index (κ3) is 5.35. The number of benzene rings is 2. The van der Waals surface area contributed by atoms with E-state index in [-0.39, 0.29) is 30.7 Å². The number of nitrogens with zero attached hydrogens (tertiary/aromatic N) is 2. The first-order chi connectivity index (χ1) is 14.5. The molecule has 0 aliphatic carbocycles. The van der Waals surface area contributed by atoms with E-state index >= 15 is 0 Å². The molecular weight excluding hydrogens is 376 g/mol. The molecule has 1 unspecified atom stereocenters. The van der Waals surface area contributed by atoms with Gasteiger partial charge in [0.15, 0.2) is 0 Å². The molecule has 0 radical (unpaired) electrons. The van der Waals surface area contributed by atoms with Gasteiger partial charge in [-0.1, -0.05) is 50.2 Å². The van der Waals surface area contributed by atoms with Crippen LogP contribution in [0.4, 0.5) is 5.69 Å². The third-order valence-corrected chi connectivity index (χ3v) is 4.97. The SMILES string of the molecule is CC(C)c1ccccc1NC(=O)CCC(=O)NC(C)c1ccccc1-n1cccn1. The summed E-state index contributed by atoms with van der Waals surface area (Å²) in [5.74, 6) is -0.0200. The normalized spacial score (nSPS) is 11.9. The lowest BCUT2D eigenvalue weighted by molar-refractivity contribution is -0.124. The van der Waals surface area contributed by atoms with Crippen LogP contribution in [0, 0.1) is 0 Å². The van der Waals surface area contributed by atoms with Gasteiger partial charge in [-0.05, 0) is 42.2 Å². The zero-order valence-corrected chi connectivity index (χ0v) is 17.6. The summed E-state index contributed by atoms with van der Waals surface area (Å²) in [6.45, 7) is 6.10. The van der Waals surface area contributed by atoms with Crippen LogP contribution >= 0.6 is 0 Å². The maximum absolute atomic E-state index is 12.4. The van der Waals surface area contributed by atoms with E-state index in [9.17, 15) is 9.59 Å². The number of carbonyl (C=O) groups is 2. The standard InChI is InChI=1S/C24H28N4O2/c1-17(2)19-9-4-6-11-21(19)27-24(30)14-13-23(29)26-18(3)20-10-5-7-12-22(20)28-16-8-15-25-28/h4-12,15-18H,13-14H2,1-3H3,(H,26,29)(H,27,30). The zero-order valence-electron chi connectivity index (χ0n) is 17.6. The highest BCUT2D eigenvalue weighted by Crippen LogP contribution is 2.24.